The molecule has 0 aromatic carbocycles. The Bertz CT molecular complexity index is 298. The van der Waals surface area contributed by atoms with Crippen molar-refractivity contribution in [3.8, 4) is 0 Å². The summed E-state index contributed by atoms with van der Waals surface area (Å²) >= 11 is 2.12. The van der Waals surface area contributed by atoms with Gasteiger partial charge >= 0.3 is 0 Å². The fraction of sp³-hybridized carbons (Fsp3) is 0.929. The summed E-state index contributed by atoms with van der Waals surface area (Å²) in [4.78, 5) is 7.30. The lowest BCUT2D eigenvalue weighted by atomic mass is 10.3. The van der Waals surface area contributed by atoms with Gasteiger partial charge in [0.2, 0.25) is 0 Å². The highest BCUT2D eigenvalue weighted by atomic mass is 127. The van der Waals surface area contributed by atoms with Gasteiger partial charge in [-0.2, -0.15) is 11.8 Å². The molecule has 2 aliphatic rings. The van der Waals surface area contributed by atoms with Gasteiger partial charge in [0.1, 0.15) is 0 Å². The Morgan fingerprint density at radius 1 is 1.42 bits per heavy atom. The standard InChI is InChI=1S/C14H27N3S.HI/c1-4-13-10-17(6-7-18-13)14(15-5-2)16-9-12-8-11(12)3;/h11-13H,4-10H2,1-3H3,(H,15,16);1H. The van der Waals surface area contributed by atoms with Crippen LogP contribution in [-0.2, 0) is 0 Å². The molecule has 0 radical (unpaired) electrons. The molecule has 0 aromatic heterocycles. The third-order valence-corrected chi connectivity index (χ3v) is 5.35. The molecule has 1 saturated heterocycles. The predicted molar refractivity (Wildman–Crippen MR) is 96.8 cm³/mol. The summed E-state index contributed by atoms with van der Waals surface area (Å²) in [6, 6.07) is 0. The van der Waals surface area contributed by atoms with Gasteiger partial charge in [-0.3, -0.25) is 4.99 Å². The molecule has 1 aliphatic carbocycles. The monoisotopic (exact) mass is 397 g/mol. The minimum atomic E-state index is 0. The van der Waals surface area contributed by atoms with Crippen molar-refractivity contribution >= 4 is 41.7 Å². The lowest BCUT2D eigenvalue weighted by Crippen LogP contribution is -2.48. The van der Waals surface area contributed by atoms with Gasteiger partial charge in [0, 0.05) is 37.2 Å². The molecule has 3 atom stereocenters. The quantitative estimate of drug-likeness (QED) is 0.449. The van der Waals surface area contributed by atoms with Gasteiger partial charge in [0.05, 0.1) is 0 Å². The van der Waals surface area contributed by atoms with Crippen molar-refractivity contribution in [1.29, 1.82) is 0 Å². The van der Waals surface area contributed by atoms with Crippen molar-refractivity contribution in [2.24, 2.45) is 16.8 Å². The summed E-state index contributed by atoms with van der Waals surface area (Å²) in [6.07, 6.45) is 2.64. The first-order chi connectivity index (χ1) is 8.74. The second kappa shape index (κ2) is 8.60. The van der Waals surface area contributed by atoms with Crippen molar-refractivity contribution in [2.45, 2.75) is 38.9 Å². The number of halogens is 1. The molecule has 3 nitrogen and oxygen atoms in total. The Kier molecular flexibility index (Phi) is 7.87. The molecule has 112 valence electrons. The van der Waals surface area contributed by atoms with Crippen LogP contribution < -0.4 is 5.32 Å². The Morgan fingerprint density at radius 2 is 2.16 bits per heavy atom. The van der Waals surface area contributed by atoms with E-state index in [-0.39, 0.29) is 24.0 Å². The first-order valence-electron chi connectivity index (χ1n) is 7.39. The van der Waals surface area contributed by atoms with Crippen LogP contribution in [0.1, 0.15) is 33.6 Å². The van der Waals surface area contributed by atoms with Crippen LogP contribution in [0.4, 0.5) is 0 Å². The van der Waals surface area contributed by atoms with Gasteiger partial charge in [-0.1, -0.05) is 13.8 Å². The molecule has 5 heteroatoms. The Hall–Kier alpha value is 0.350. The van der Waals surface area contributed by atoms with Crippen LogP contribution in [0.5, 0.6) is 0 Å². The van der Waals surface area contributed by atoms with Gasteiger partial charge in [-0.25, -0.2) is 0 Å². The van der Waals surface area contributed by atoms with Gasteiger partial charge in [-0.05, 0) is 31.6 Å². The largest absolute Gasteiger partial charge is 0.357 e. The number of aliphatic imine (C=N–C) groups is 1. The smallest absolute Gasteiger partial charge is 0.193 e. The Labute approximate surface area is 139 Å². The number of guanidine groups is 1. The molecule has 1 heterocycles. The zero-order valence-electron chi connectivity index (χ0n) is 12.4. The first kappa shape index (κ1) is 17.4. The predicted octanol–water partition coefficient (Wildman–Crippen LogP) is 3.05. The molecule has 19 heavy (non-hydrogen) atoms. The molecule has 0 amide bonds. The second-order valence-electron chi connectivity index (χ2n) is 5.51. The van der Waals surface area contributed by atoms with Gasteiger partial charge in [-0.15, -0.1) is 24.0 Å². The Morgan fingerprint density at radius 3 is 2.74 bits per heavy atom. The summed E-state index contributed by atoms with van der Waals surface area (Å²) in [5, 5.41) is 4.24. The van der Waals surface area contributed by atoms with Gasteiger partial charge in [0.25, 0.3) is 0 Å². The molecule has 0 spiro atoms. The molecule has 0 bridgehead atoms. The number of nitrogens with zero attached hydrogens (tertiary/aromatic N) is 2. The van der Waals surface area contributed by atoms with Crippen LogP contribution >= 0.6 is 35.7 Å². The topological polar surface area (TPSA) is 27.6 Å². The zero-order chi connectivity index (χ0) is 13.0. The number of nitrogens with one attached hydrogen (secondary N) is 1. The average Bonchev–Trinajstić information content (AvgIpc) is 3.10. The average molecular weight is 397 g/mol. The van der Waals surface area contributed by atoms with E-state index in [1.54, 1.807) is 0 Å². The maximum Gasteiger partial charge on any atom is 0.193 e. The van der Waals surface area contributed by atoms with E-state index in [1.807, 2.05) is 0 Å². The second-order valence-corrected chi connectivity index (χ2v) is 6.92. The van der Waals surface area contributed by atoms with E-state index in [0.29, 0.717) is 0 Å². The van der Waals surface area contributed by atoms with Crippen LogP contribution in [0.2, 0.25) is 0 Å². The molecule has 2 rings (SSSR count). The van der Waals surface area contributed by atoms with E-state index >= 15 is 0 Å². The molecule has 0 aromatic rings. The van der Waals surface area contributed by atoms with Crippen molar-refractivity contribution < 1.29 is 0 Å². The fourth-order valence-electron chi connectivity index (χ4n) is 2.44. The molecule has 1 saturated carbocycles. The maximum absolute atomic E-state index is 4.84. The van der Waals surface area contributed by atoms with E-state index in [4.69, 9.17) is 4.99 Å². The number of hydrogen-bond donors (Lipinski definition) is 1. The van der Waals surface area contributed by atoms with Crippen LogP contribution in [0.25, 0.3) is 0 Å². The summed E-state index contributed by atoms with van der Waals surface area (Å²) in [5.41, 5.74) is 0. The minimum Gasteiger partial charge on any atom is -0.357 e. The maximum atomic E-state index is 4.84. The highest BCUT2D eigenvalue weighted by Crippen LogP contribution is 2.37. The van der Waals surface area contributed by atoms with Crippen molar-refractivity contribution in [1.82, 2.24) is 10.2 Å². The van der Waals surface area contributed by atoms with Crippen molar-refractivity contribution in [2.75, 3.05) is 31.9 Å². The molecule has 2 fully saturated rings. The lowest BCUT2D eigenvalue weighted by molar-refractivity contribution is 0.407. The summed E-state index contributed by atoms with van der Waals surface area (Å²) in [7, 11) is 0. The number of rotatable bonds is 4. The SMILES string of the molecule is CCNC(=NCC1CC1C)N1CCSC(CC)C1.I. The summed E-state index contributed by atoms with van der Waals surface area (Å²) in [6.45, 7) is 11.1. The van der Waals surface area contributed by atoms with Crippen LogP contribution in [0.15, 0.2) is 4.99 Å². The molecular formula is C14H28IN3S. The number of hydrogen-bond acceptors (Lipinski definition) is 2. The van der Waals surface area contributed by atoms with Gasteiger partial charge < -0.3 is 10.2 Å². The highest BCUT2D eigenvalue weighted by Gasteiger charge is 2.32. The third-order valence-electron chi connectivity index (χ3n) is 3.98. The lowest BCUT2D eigenvalue weighted by Gasteiger charge is -2.34. The summed E-state index contributed by atoms with van der Waals surface area (Å²) in [5.74, 6) is 4.13. The highest BCUT2D eigenvalue weighted by molar-refractivity contribution is 14.0. The van der Waals surface area contributed by atoms with E-state index in [0.717, 1.165) is 49.2 Å². The summed E-state index contributed by atoms with van der Waals surface area (Å²) < 4.78 is 0. The number of thioether (sulfide) groups is 1. The van der Waals surface area contributed by atoms with Crippen molar-refractivity contribution in [3.63, 3.8) is 0 Å². The molecule has 1 N–H and O–H groups in total. The van der Waals surface area contributed by atoms with E-state index < -0.39 is 0 Å². The fourth-order valence-corrected chi connectivity index (χ4v) is 3.62. The minimum absolute atomic E-state index is 0. The molecule has 3 unspecified atom stereocenters. The normalized spacial score (nSPS) is 30.8. The zero-order valence-corrected chi connectivity index (χ0v) is 15.5. The molecular weight excluding hydrogens is 369 g/mol. The van der Waals surface area contributed by atoms with Crippen LogP contribution in [-0.4, -0.2) is 48.0 Å². The van der Waals surface area contributed by atoms with E-state index in [1.165, 1.54) is 18.6 Å². The van der Waals surface area contributed by atoms with Crippen molar-refractivity contribution in [3.05, 3.63) is 0 Å². The van der Waals surface area contributed by atoms with Gasteiger partial charge in [0.15, 0.2) is 5.96 Å². The first-order valence-corrected chi connectivity index (χ1v) is 8.44. The molecule has 1 aliphatic heterocycles. The van der Waals surface area contributed by atoms with Crippen LogP contribution in [0.3, 0.4) is 0 Å². The van der Waals surface area contributed by atoms with E-state index in [2.05, 4.69) is 42.7 Å². The van der Waals surface area contributed by atoms with Crippen LogP contribution in [0, 0.1) is 11.8 Å². The Balaban J connectivity index is 0.00000180. The third kappa shape index (κ3) is 5.33. The van der Waals surface area contributed by atoms with E-state index in [9.17, 15) is 0 Å².